The summed E-state index contributed by atoms with van der Waals surface area (Å²) in [7, 11) is 0. The van der Waals surface area contributed by atoms with Gasteiger partial charge in [0.15, 0.2) is 5.78 Å². The minimum absolute atomic E-state index is 0.000660. The molecule has 0 aliphatic heterocycles. The Balaban J connectivity index is 1.61. The van der Waals surface area contributed by atoms with Crippen LogP contribution in [0.2, 0.25) is 0 Å². The molecule has 6 nitrogen and oxygen atoms in total. The summed E-state index contributed by atoms with van der Waals surface area (Å²) >= 11 is 0. The first-order valence-corrected chi connectivity index (χ1v) is 9.41. The van der Waals surface area contributed by atoms with Gasteiger partial charge in [0.05, 0.1) is 0 Å². The van der Waals surface area contributed by atoms with Gasteiger partial charge in [-0.1, -0.05) is 19.1 Å². The van der Waals surface area contributed by atoms with E-state index in [1.165, 1.54) is 0 Å². The van der Waals surface area contributed by atoms with E-state index >= 15 is 0 Å². The highest BCUT2D eigenvalue weighted by Crippen LogP contribution is 2.26. The molecule has 1 aliphatic carbocycles. The van der Waals surface area contributed by atoms with Gasteiger partial charge in [-0.15, -0.1) is 0 Å². The number of rotatable bonds is 6. The van der Waals surface area contributed by atoms with Crippen molar-refractivity contribution in [3.8, 4) is 0 Å². The lowest BCUT2D eigenvalue weighted by atomic mass is 9.94. The molecule has 1 heterocycles. The molecule has 0 fully saturated rings. The van der Waals surface area contributed by atoms with Crippen LogP contribution in [-0.4, -0.2) is 22.6 Å². The average molecular weight is 367 g/mol. The van der Waals surface area contributed by atoms with Crippen molar-refractivity contribution in [2.45, 2.75) is 52.5 Å². The Morgan fingerprint density at radius 3 is 2.56 bits per heavy atom. The van der Waals surface area contributed by atoms with Gasteiger partial charge in [0.25, 0.3) is 5.91 Å². The molecule has 1 aromatic carbocycles. The van der Waals surface area contributed by atoms with E-state index in [0.29, 0.717) is 30.6 Å². The molecule has 0 radical (unpaired) electrons. The third-order valence-electron chi connectivity index (χ3n) is 4.83. The first-order valence-electron chi connectivity index (χ1n) is 9.41. The summed E-state index contributed by atoms with van der Waals surface area (Å²) in [4.78, 5) is 39.4. The summed E-state index contributed by atoms with van der Waals surface area (Å²) in [5, 5.41) is 5.73. The summed E-state index contributed by atoms with van der Waals surface area (Å²) < 4.78 is 0. The molecule has 0 bridgehead atoms. The predicted molar refractivity (Wildman–Crippen MR) is 104 cm³/mol. The van der Waals surface area contributed by atoms with Crippen molar-refractivity contribution in [2.24, 2.45) is 0 Å². The molecule has 0 atom stereocenters. The van der Waals surface area contributed by atoms with E-state index in [2.05, 4.69) is 15.6 Å². The van der Waals surface area contributed by atoms with E-state index in [4.69, 9.17) is 0 Å². The molecule has 0 saturated heterocycles. The molecule has 1 aromatic heterocycles. The van der Waals surface area contributed by atoms with E-state index in [0.717, 1.165) is 41.8 Å². The minimum Gasteiger partial charge on any atom is -0.354 e. The van der Waals surface area contributed by atoms with Crippen LogP contribution < -0.4 is 10.6 Å². The van der Waals surface area contributed by atoms with Gasteiger partial charge in [-0.3, -0.25) is 14.4 Å². The quantitative estimate of drug-likeness (QED) is 0.730. The molecule has 3 N–H and O–H groups in total. The number of aryl methyl sites for hydroxylation is 1. The van der Waals surface area contributed by atoms with Crippen molar-refractivity contribution in [1.82, 2.24) is 10.3 Å². The number of anilines is 1. The lowest BCUT2D eigenvalue weighted by molar-refractivity contribution is -0.116. The van der Waals surface area contributed by atoms with Gasteiger partial charge in [0, 0.05) is 36.3 Å². The molecule has 2 amide bonds. The van der Waals surface area contributed by atoms with Crippen LogP contribution in [-0.2, 0) is 17.8 Å². The maximum atomic E-state index is 12.5. The van der Waals surface area contributed by atoms with Gasteiger partial charge in [-0.05, 0) is 49.4 Å². The fourth-order valence-electron chi connectivity index (χ4n) is 3.43. The number of Topliss-reactive ketones (excluding diaryl/α,β-unsaturated/α-hetero) is 1. The average Bonchev–Trinajstić information content (AvgIpc) is 2.99. The zero-order valence-corrected chi connectivity index (χ0v) is 15.8. The Bertz CT molecular complexity index is 866. The standard InChI is InChI=1S/C21H25N3O3/c1-3-5-18(26)23-15-10-8-14(9-11-15)12-22-21(27)20-13(2)19-16(24-20)6-4-7-17(19)25/h8-11,24H,3-7,12H2,1-2H3,(H,22,27)(H,23,26). The first kappa shape index (κ1) is 18.9. The third kappa shape index (κ3) is 4.27. The maximum Gasteiger partial charge on any atom is 0.268 e. The Morgan fingerprint density at radius 2 is 1.89 bits per heavy atom. The summed E-state index contributed by atoms with van der Waals surface area (Å²) in [5.41, 5.74) is 4.45. The van der Waals surface area contributed by atoms with Crippen molar-refractivity contribution >= 4 is 23.3 Å². The van der Waals surface area contributed by atoms with Crippen LogP contribution in [0.5, 0.6) is 0 Å². The predicted octanol–water partition coefficient (Wildman–Crippen LogP) is 3.51. The highest BCUT2D eigenvalue weighted by atomic mass is 16.2. The summed E-state index contributed by atoms with van der Waals surface area (Å²) in [6.07, 6.45) is 3.49. The fraction of sp³-hybridized carbons (Fsp3) is 0.381. The zero-order valence-electron chi connectivity index (χ0n) is 15.8. The molecule has 6 heteroatoms. The van der Waals surface area contributed by atoms with Gasteiger partial charge in [-0.2, -0.15) is 0 Å². The van der Waals surface area contributed by atoms with Crippen LogP contribution in [0.3, 0.4) is 0 Å². The van der Waals surface area contributed by atoms with Crippen LogP contribution in [0, 0.1) is 6.92 Å². The lowest BCUT2D eigenvalue weighted by Gasteiger charge is -2.09. The first-order chi connectivity index (χ1) is 13.0. The summed E-state index contributed by atoms with van der Waals surface area (Å²) in [6.45, 7) is 4.16. The highest BCUT2D eigenvalue weighted by molar-refractivity contribution is 6.04. The molecule has 27 heavy (non-hydrogen) atoms. The number of aromatic amines is 1. The molecule has 1 aliphatic rings. The second-order valence-corrected chi connectivity index (χ2v) is 6.93. The Labute approximate surface area is 158 Å². The Morgan fingerprint density at radius 1 is 1.15 bits per heavy atom. The molecule has 0 saturated carbocycles. The van der Waals surface area contributed by atoms with E-state index in [1.807, 2.05) is 38.1 Å². The smallest absolute Gasteiger partial charge is 0.268 e. The number of nitrogens with one attached hydrogen (secondary N) is 3. The summed E-state index contributed by atoms with van der Waals surface area (Å²) in [6, 6.07) is 7.40. The Kier molecular flexibility index (Phi) is 5.74. The van der Waals surface area contributed by atoms with E-state index in [1.54, 1.807) is 0 Å². The topological polar surface area (TPSA) is 91.1 Å². The largest absolute Gasteiger partial charge is 0.354 e. The number of carbonyl (C=O) groups excluding carboxylic acids is 3. The number of hydrogen-bond donors (Lipinski definition) is 3. The van der Waals surface area contributed by atoms with E-state index in [-0.39, 0.29) is 17.6 Å². The van der Waals surface area contributed by atoms with Crippen LogP contribution in [0.15, 0.2) is 24.3 Å². The van der Waals surface area contributed by atoms with E-state index < -0.39 is 0 Å². The fourth-order valence-corrected chi connectivity index (χ4v) is 3.43. The monoisotopic (exact) mass is 367 g/mol. The number of carbonyl (C=O) groups is 3. The number of fused-ring (bicyclic) bond motifs is 1. The van der Waals surface area contributed by atoms with Crippen molar-refractivity contribution in [3.63, 3.8) is 0 Å². The number of benzene rings is 1. The lowest BCUT2D eigenvalue weighted by Crippen LogP contribution is -2.24. The number of amides is 2. The van der Waals surface area contributed by atoms with Crippen LogP contribution in [0.25, 0.3) is 0 Å². The second kappa shape index (κ2) is 8.20. The number of aromatic nitrogens is 1. The van der Waals surface area contributed by atoms with Crippen molar-refractivity contribution in [1.29, 1.82) is 0 Å². The maximum absolute atomic E-state index is 12.5. The molecule has 0 unspecified atom stereocenters. The zero-order chi connectivity index (χ0) is 19.4. The van der Waals surface area contributed by atoms with Crippen molar-refractivity contribution in [3.05, 3.63) is 52.3 Å². The van der Waals surface area contributed by atoms with E-state index in [9.17, 15) is 14.4 Å². The number of ketones is 1. The Hall–Kier alpha value is -2.89. The SMILES string of the molecule is CCCC(=O)Nc1ccc(CNC(=O)c2[nH]c3c(c2C)C(=O)CCC3)cc1. The molecule has 2 aromatic rings. The number of H-pyrrole nitrogens is 1. The van der Waals surface area contributed by atoms with Gasteiger partial charge in [0.2, 0.25) is 5.91 Å². The van der Waals surface area contributed by atoms with Gasteiger partial charge in [0.1, 0.15) is 5.69 Å². The highest BCUT2D eigenvalue weighted by Gasteiger charge is 2.26. The second-order valence-electron chi connectivity index (χ2n) is 6.93. The van der Waals surface area contributed by atoms with Crippen molar-refractivity contribution in [2.75, 3.05) is 5.32 Å². The normalized spacial score (nSPS) is 13.2. The van der Waals surface area contributed by atoms with Crippen molar-refractivity contribution < 1.29 is 14.4 Å². The molecule has 3 rings (SSSR count). The summed E-state index contributed by atoms with van der Waals surface area (Å²) in [5.74, 6) is -0.0981. The molecular weight excluding hydrogens is 342 g/mol. The molecular formula is C21H25N3O3. The molecule has 0 spiro atoms. The van der Waals surface area contributed by atoms with Gasteiger partial charge in [-0.25, -0.2) is 0 Å². The van der Waals surface area contributed by atoms with Gasteiger partial charge < -0.3 is 15.6 Å². The number of hydrogen-bond acceptors (Lipinski definition) is 3. The van der Waals surface area contributed by atoms with Crippen LogP contribution >= 0.6 is 0 Å². The minimum atomic E-state index is -0.213. The molecule has 142 valence electrons. The van der Waals surface area contributed by atoms with Crippen LogP contribution in [0.1, 0.15) is 70.3 Å². The third-order valence-corrected chi connectivity index (χ3v) is 4.83. The van der Waals surface area contributed by atoms with Crippen LogP contribution in [0.4, 0.5) is 5.69 Å². The van der Waals surface area contributed by atoms with Gasteiger partial charge >= 0.3 is 0 Å².